The van der Waals surface area contributed by atoms with Crippen LogP contribution in [0.25, 0.3) is 0 Å². The van der Waals surface area contributed by atoms with Gasteiger partial charge in [0.25, 0.3) is 5.56 Å². The Morgan fingerprint density at radius 1 is 1.00 bits per heavy atom. The van der Waals surface area contributed by atoms with Crippen molar-refractivity contribution in [1.82, 2.24) is 41.0 Å². The summed E-state index contributed by atoms with van der Waals surface area (Å²) < 4.78 is 6.71. The van der Waals surface area contributed by atoms with E-state index in [-0.39, 0.29) is 49.0 Å². The highest BCUT2D eigenvalue weighted by Gasteiger charge is 2.38. The van der Waals surface area contributed by atoms with E-state index < -0.39 is 83.5 Å². The van der Waals surface area contributed by atoms with Crippen LogP contribution in [0.1, 0.15) is 55.6 Å². The first kappa shape index (κ1) is 45.8. The number of thioether (sulfide) groups is 1. The Morgan fingerprint density at radius 3 is 2.41 bits per heavy atom. The second kappa shape index (κ2) is 20.3. The number of aromatic nitrogens is 2. The lowest BCUT2D eigenvalue weighted by Gasteiger charge is -2.37. The van der Waals surface area contributed by atoms with Crippen molar-refractivity contribution in [3.8, 4) is 11.5 Å². The summed E-state index contributed by atoms with van der Waals surface area (Å²) in [5, 5.41) is 53.8. The molecule has 1 aromatic heterocycles. The second-order valence-corrected chi connectivity index (χ2v) is 15.8. The van der Waals surface area contributed by atoms with Gasteiger partial charge in [-0.1, -0.05) is 18.2 Å². The van der Waals surface area contributed by atoms with Crippen molar-refractivity contribution in [3.05, 3.63) is 104 Å². The van der Waals surface area contributed by atoms with E-state index in [1.54, 1.807) is 30.5 Å². The molecule has 2 aliphatic rings. The van der Waals surface area contributed by atoms with Crippen molar-refractivity contribution in [2.24, 2.45) is 0 Å². The number of aromatic hydroxyl groups is 2. The fourth-order valence-electron chi connectivity index (χ4n) is 7.12. The molecule has 8 atom stereocenters. The Labute approximate surface area is 353 Å². The van der Waals surface area contributed by atoms with Gasteiger partial charge in [-0.3, -0.25) is 34.0 Å². The molecule has 20 nitrogen and oxygen atoms in total. The van der Waals surface area contributed by atoms with Crippen LogP contribution in [-0.2, 0) is 36.8 Å². The molecule has 1 saturated heterocycles. The van der Waals surface area contributed by atoms with Gasteiger partial charge in [0.15, 0.2) is 0 Å². The van der Waals surface area contributed by atoms with E-state index in [0.29, 0.717) is 11.3 Å². The molecular weight excluding hydrogens is 817 g/mol. The fourth-order valence-corrected chi connectivity index (χ4v) is 7.60. The number of rotatable bonds is 16. The summed E-state index contributed by atoms with van der Waals surface area (Å²) in [6.07, 6.45) is 1.52. The highest BCUT2D eigenvalue weighted by Crippen LogP contribution is 2.31. The Morgan fingerprint density at radius 2 is 1.72 bits per heavy atom. The van der Waals surface area contributed by atoms with Crippen molar-refractivity contribution in [2.75, 3.05) is 19.1 Å². The average molecular weight is 867 g/mol. The molecule has 0 spiro atoms. The third-order valence-electron chi connectivity index (χ3n) is 10.5. The number of carboxylic acid groups (broad SMARTS) is 1. The van der Waals surface area contributed by atoms with Crippen LogP contribution >= 0.6 is 11.8 Å². The van der Waals surface area contributed by atoms with Gasteiger partial charge in [-0.25, -0.2) is 14.4 Å². The van der Waals surface area contributed by atoms with Gasteiger partial charge in [0.1, 0.15) is 41.5 Å². The summed E-state index contributed by atoms with van der Waals surface area (Å²) in [7, 11) is 1.46. The standard InChI is InChI=1S/C40H50N8O12S/c1-20-27-9-8-25(50)16-23(27)17-29(42-20)36(55)47(3)21(2)33(35(54)41-19-26-18-31(51)37(60-26)48-12-10-32(52)45-40(48)59)46-34(53)28(11-13-61-4)43-39(58)44-30(38(56)57)15-22-6-5-7-24(49)14-22/h5-10,12,14,16,19-21,28-31,33,37,42,49-51H,11,13,15,17-18H2,1-4H3,(H,41,54)(H,46,53)(H,56,57)(H2,43,44,58)(H,45,52,59). The van der Waals surface area contributed by atoms with Crippen LogP contribution in [0.3, 0.4) is 0 Å². The molecule has 2 aromatic carbocycles. The van der Waals surface area contributed by atoms with Crippen LogP contribution in [-0.4, -0.2) is 120 Å². The van der Waals surface area contributed by atoms with Crippen LogP contribution in [0.15, 0.2) is 76.3 Å². The number of amides is 5. The van der Waals surface area contributed by atoms with Crippen molar-refractivity contribution < 1.29 is 49.1 Å². The number of phenols is 2. The number of urea groups is 1. The Balaban J connectivity index is 1.36. The number of fused-ring (bicyclic) bond motifs is 1. The summed E-state index contributed by atoms with van der Waals surface area (Å²) in [4.78, 5) is 94.8. The molecule has 0 radical (unpaired) electrons. The summed E-state index contributed by atoms with van der Waals surface area (Å²) >= 11 is 1.37. The van der Waals surface area contributed by atoms with Gasteiger partial charge in [0.05, 0.1) is 12.1 Å². The number of carbonyl (C=O) groups is 5. The molecule has 3 heterocycles. The van der Waals surface area contributed by atoms with Crippen LogP contribution in [0.2, 0.25) is 0 Å². The molecule has 1 fully saturated rings. The highest BCUT2D eigenvalue weighted by molar-refractivity contribution is 7.98. The van der Waals surface area contributed by atoms with Gasteiger partial charge in [-0.15, -0.1) is 0 Å². The molecule has 0 saturated carbocycles. The number of nitrogens with zero attached hydrogens (tertiary/aromatic N) is 2. The number of likely N-dealkylation sites (N-methyl/N-ethyl adjacent to an activating group) is 1. The zero-order valence-corrected chi connectivity index (χ0v) is 34.6. The van der Waals surface area contributed by atoms with Crippen LogP contribution in [0, 0.1) is 0 Å². The monoisotopic (exact) mass is 866 g/mol. The Bertz CT molecular complexity index is 2270. The summed E-state index contributed by atoms with van der Waals surface area (Å²) in [5.74, 6) is -3.10. The van der Waals surface area contributed by atoms with E-state index in [1.807, 2.05) is 6.92 Å². The predicted molar refractivity (Wildman–Crippen MR) is 221 cm³/mol. The molecule has 5 amide bonds. The molecule has 8 unspecified atom stereocenters. The van der Waals surface area contributed by atoms with E-state index in [9.17, 15) is 54.0 Å². The first-order valence-electron chi connectivity index (χ1n) is 19.3. The number of carbonyl (C=O) groups excluding carboxylic acids is 4. The van der Waals surface area contributed by atoms with Gasteiger partial charge in [-0.2, -0.15) is 11.8 Å². The number of phenolic OH excluding ortho intramolecular Hbond substituents is 2. The maximum absolute atomic E-state index is 14.1. The summed E-state index contributed by atoms with van der Waals surface area (Å²) in [5.41, 5.74) is 0.611. The number of aliphatic hydroxyl groups excluding tert-OH is 1. The zero-order valence-electron chi connectivity index (χ0n) is 33.8. The molecule has 2 aliphatic heterocycles. The molecule has 61 heavy (non-hydrogen) atoms. The minimum absolute atomic E-state index is 0.0402. The minimum Gasteiger partial charge on any atom is -0.508 e. The third-order valence-corrected chi connectivity index (χ3v) is 11.1. The average Bonchev–Trinajstić information content (AvgIpc) is 3.58. The smallest absolute Gasteiger partial charge is 0.331 e. The number of carboxylic acids is 1. The second-order valence-electron chi connectivity index (χ2n) is 14.8. The topological polar surface area (TPSA) is 294 Å². The molecule has 3 aromatic rings. The number of nitrogens with one attached hydrogen (secondary N) is 6. The van der Waals surface area contributed by atoms with E-state index in [4.69, 9.17) is 4.74 Å². The normalized spacial score (nSPS) is 20.8. The predicted octanol–water partition coefficient (Wildman–Crippen LogP) is -0.0908. The molecule has 5 rings (SSSR count). The minimum atomic E-state index is -1.49. The fraction of sp³-hybridized carbons (Fsp3) is 0.425. The van der Waals surface area contributed by atoms with Gasteiger partial charge >= 0.3 is 17.7 Å². The van der Waals surface area contributed by atoms with Gasteiger partial charge in [0.2, 0.25) is 23.9 Å². The lowest BCUT2D eigenvalue weighted by Crippen LogP contribution is -2.62. The van der Waals surface area contributed by atoms with E-state index >= 15 is 0 Å². The van der Waals surface area contributed by atoms with Crippen molar-refractivity contribution in [3.63, 3.8) is 0 Å². The number of hydrogen-bond donors (Lipinski definition) is 10. The largest absolute Gasteiger partial charge is 0.508 e. The summed E-state index contributed by atoms with van der Waals surface area (Å²) in [6.45, 7) is 3.40. The number of aromatic amines is 1. The lowest BCUT2D eigenvalue weighted by atomic mass is 9.90. The van der Waals surface area contributed by atoms with Crippen molar-refractivity contribution >= 4 is 41.5 Å². The molecule has 21 heteroatoms. The zero-order chi connectivity index (χ0) is 44.5. The van der Waals surface area contributed by atoms with E-state index in [2.05, 4.69) is 31.6 Å². The molecule has 328 valence electrons. The number of aliphatic hydroxyl groups is 1. The van der Waals surface area contributed by atoms with E-state index in [0.717, 1.165) is 34.2 Å². The molecular formula is C40H50N8O12S. The van der Waals surface area contributed by atoms with Crippen LogP contribution in [0.4, 0.5) is 4.79 Å². The third kappa shape index (κ3) is 11.7. The van der Waals surface area contributed by atoms with Crippen LogP contribution in [0.5, 0.6) is 11.5 Å². The van der Waals surface area contributed by atoms with E-state index in [1.165, 1.54) is 48.8 Å². The first-order valence-corrected chi connectivity index (χ1v) is 20.7. The SMILES string of the molecule is CSCCC(NC(=O)NC(Cc1cccc(O)c1)C(=O)O)C(=O)NC(C(=O)NC=C1CC(O)C(n2ccc(=O)[nH]c2=O)O1)C(C)N(C)C(=O)C1Cc2cc(O)ccc2C(C)N1. The Kier molecular flexibility index (Phi) is 15.2. The van der Waals surface area contributed by atoms with Crippen molar-refractivity contribution in [1.29, 1.82) is 0 Å². The number of aliphatic carboxylic acids is 1. The van der Waals surface area contributed by atoms with Gasteiger partial charge in [0, 0.05) is 44.4 Å². The number of ether oxygens (including phenoxy) is 1. The lowest BCUT2D eigenvalue weighted by molar-refractivity contribution is -0.139. The summed E-state index contributed by atoms with van der Waals surface area (Å²) in [6, 6.07) is 4.56. The van der Waals surface area contributed by atoms with Gasteiger partial charge < -0.3 is 51.3 Å². The van der Waals surface area contributed by atoms with Crippen molar-refractivity contribution in [2.45, 2.75) is 88.1 Å². The maximum atomic E-state index is 14.1. The first-order chi connectivity index (χ1) is 28.9. The highest BCUT2D eigenvalue weighted by atomic mass is 32.2. The number of H-pyrrole nitrogens is 1. The van der Waals surface area contributed by atoms with Crippen LogP contribution < -0.4 is 37.8 Å². The molecule has 0 bridgehead atoms. The molecule has 10 N–H and O–H groups in total. The number of benzene rings is 2. The quantitative estimate of drug-likeness (QED) is 0.0901. The number of hydrogen-bond acceptors (Lipinski definition) is 13. The van der Waals surface area contributed by atoms with Gasteiger partial charge in [-0.05, 0) is 79.7 Å². The Hall–Kier alpha value is -6.32. The maximum Gasteiger partial charge on any atom is 0.331 e. The molecule has 0 aliphatic carbocycles.